The third-order valence-electron chi connectivity index (χ3n) is 4.10. The number of para-hydroxylation sites is 1. The SMILES string of the molecule is O=C(NC1CC1)C(SC1=Nc2ccccc2C1)c1ccccc1. The summed E-state index contributed by atoms with van der Waals surface area (Å²) in [4.78, 5) is 17.4. The van der Waals surface area contributed by atoms with Crippen molar-refractivity contribution < 1.29 is 4.79 Å². The highest BCUT2D eigenvalue weighted by Crippen LogP contribution is 2.37. The van der Waals surface area contributed by atoms with Crippen LogP contribution in [0.4, 0.5) is 5.69 Å². The van der Waals surface area contributed by atoms with Crippen molar-refractivity contribution >= 4 is 28.4 Å². The van der Waals surface area contributed by atoms with Gasteiger partial charge in [0.2, 0.25) is 5.91 Å². The zero-order valence-electron chi connectivity index (χ0n) is 12.7. The van der Waals surface area contributed by atoms with Gasteiger partial charge in [-0.15, -0.1) is 0 Å². The van der Waals surface area contributed by atoms with Crippen molar-refractivity contribution in [1.29, 1.82) is 0 Å². The highest BCUT2D eigenvalue weighted by Gasteiger charge is 2.30. The van der Waals surface area contributed by atoms with E-state index in [0.717, 1.165) is 35.6 Å². The van der Waals surface area contributed by atoms with E-state index in [0.29, 0.717) is 6.04 Å². The summed E-state index contributed by atoms with van der Waals surface area (Å²) in [6, 6.07) is 18.5. The predicted molar refractivity (Wildman–Crippen MR) is 95.2 cm³/mol. The predicted octanol–water partition coefficient (Wildman–Crippen LogP) is 4.03. The highest BCUT2D eigenvalue weighted by molar-refractivity contribution is 8.14. The molecule has 1 unspecified atom stereocenters. The Morgan fingerprint density at radius 2 is 1.83 bits per heavy atom. The Hall–Kier alpha value is -2.07. The molecule has 2 aliphatic rings. The number of nitrogens with one attached hydrogen (secondary N) is 1. The van der Waals surface area contributed by atoms with Crippen LogP contribution in [0.1, 0.15) is 29.2 Å². The van der Waals surface area contributed by atoms with E-state index in [9.17, 15) is 4.79 Å². The standard InChI is InChI=1S/C19H18N2OS/c22-19(20-15-10-11-15)18(13-6-2-1-3-7-13)23-17-12-14-8-4-5-9-16(14)21-17/h1-9,15,18H,10-12H2,(H,20,22). The average molecular weight is 322 g/mol. The summed E-state index contributed by atoms with van der Waals surface area (Å²) in [5.74, 6) is 0.0994. The monoisotopic (exact) mass is 322 g/mol. The minimum atomic E-state index is -0.232. The molecule has 1 fully saturated rings. The van der Waals surface area contributed by atoms with Gasteiger partial charge in [-0.1, -0.05) is 60.3 Å². The minimum absolute atomic E-state index is 0.0994. The average Bonchev–Trinajstić information content (AvgIpc) is 3.29. The van der Waals surface area contributed by atoms with Crippen molar-refractivity contribution in [3.63, 3.8) is 0 Å². The Morgan fingerprint density at radius 1 is 1.09 bits per heavy atom. The normalized spacial score (nSPS) is 17.3. The Kier molecular flexibility index (Phi) is 3.92. The van der Waals surface area contributed by atoms with Crippen LogP contribution in [0.15, 0.2) is 59.6 Å². The zero-order valence-corrected chi connectivity index (χ0v) is 13.6. The molecule has 2 aromatic carbocycles. The van der Waals surface area contributed by atoms with Gasteiger partial charge in [-0.3, -0.25) is 4.79 Å². The number of hydrogen-bond donors (Lipinski definition) is 1. The molecule has 0 radical (unpaired) electrons. The van der Waals surface area contributed by atoms with Gasteiger partial charge < -0.3 is 5.32 Å². The molecular weight excluding hydrogens is 304 g/mol. The maximum absolute atomic E-state index is 12.7. The lowest BCUT2D eigenvalue weighted by molar-refractivity contribution is -0.120. The lowest BCUT2D eigenvalue weighted by Crippen LogP contribution is -2.30. The zero-order chi connectivity index (χ0) is 15.6. The van der Waals surface area contributed by atoms with Crippen molar-refractivity contribution in [3.05, 3.63) is 65.7 Å². The first-order valence-corrected chi connectivity index (χ1v) is 8.85. The Balaban J connectivity index is 1.55. The highest BCUT2D eigenvalue weighted by atomic mass is 32.2. The molecule has 3 nitrogen and oxygen atoms in total. The summed E-state index contributed by atoms with van der Waals surface area (Å²) >= 11 is 1.58. The minimum Gasteiger partial charge on any atom is -0.352 e. The van der Waals surface area contributed by atoms with Crippen molar-refractivity contribution in [1.82, 2.24) is 5.32 Å². The molecule has 1 heterocycles. The van der Waals surface area contributed by atoms with Gasteiger partial charge in [0.25, 0.3) is 0 Å². The summed E-state index contributed by atoms with van der Waals surface area (Å²) in [7, 11) is 0. The number of carbonyl (C=O) groups excluding carboxylic acids is 1. The third-order valence-corrected chi connectivity index (χ3v) is 5.33. The molecule has 1 saturated carbocycles. The van der Waals surface area contributed by atoms with Crippen LogP contribution in [0.5, 0.6) is 0 Å². The molecular formula is C19H18N2OS. The molecule has 0 aromatic heterocycles. The number of carbonyl (C=O) groups is 1. The molecule has 116 valence electrons. The van der Waals surface area contributed by atoms with E-state index in [1.54, 1.807) is 11.8 Å². The van der Waals surface area contributed by atoms with Crippen LogP contribution in [0.2, 0.25) is 0 Å². The molecule has 4 heteroatoms. The molecule has 4 rings (SSSR count). The summed E-state index contributed by atoms with van der Waals surface area (Å²) in [6.07, 6.45) is 3.02. The number of rotatable bonds is 4. The summed E-state index contributed by atoms with van der Waals surface area (Å²) in [6.45, 7) is 0. The fraction of sp³-hybridized carbons (Fsp3) is 0.263. The molecule has 1 amide bonds. The molecule has 1 atom stereocenters. The van der Waals surface area contributed by atoms with Crippen LogP contribution in [0.3, 0.4) is 0 Å². The number of benzene rings is 2. The van der Waals surface area contributed by atoms with Gasteiger partial charge >= 0.3 is 0 Å². The van der Waals surface area contributed by atoms with E-state index in [1.165, 1.54) is 5.56 Å². The fourth-order valence-corrected chi connectivity index (χ4v) is 3.85. The number of nitrogens with zero attached hydrogens (tertiary/aromatic N) is 1. The van der Waals surface area contributed by atoms with Gasteiger partial charge in [0.05, 0.1) is 10.7 Å². The van der Waals surface area contributed by atoms with Crippen molar-refractivity contribution in [2.75, 3.05) is 0 Å². The summed E-state index contributed by atoms with van der Waals surface area (Å²) < 4.78 is 0. The molecule has 23 heavy (non-hydrogen) atoms. The van der Waals surface area contributed by atoms with Crippen LogP contribution in [0.25, 0.3) is 0 Å². The van der Waals surface area contributed by atoms with E-state index in [2.05, 4.69) is 11.4 Å². The van der Waals surface area contributed by atoms with Crippen LogP contribution in [-0.4, -0.2) is 17.0 Å². The van der Waals surface area contributed by atoms with E-state index in [1.807, 2.05) is 48.5 Å². The molecule has 1 aliphatic heterocycles. The maximum atomic E-state index is 12.7. The smallest absolute Gasteiger partial charge is 0.238 e. The molecule has 1 N–H and O–H groups in total. The molecule has 0 saturated heterocycles. The topological polar surface area (TPSA) is 41.5 Å². The second kappa shape index (κ2) is 6.20. The van der Waals surface area contributed by atoms with Gasteiger partial charge in [-0.2, -0.15) is 0 Å². The van der Waals surface area contributed by atoms with Crippen LogP contribution in [0, 0.1) is 0 Å². The van der Waals surface area contributed by atoms with Gasteiger partial charge in [-0.05, 0) is 30.0 Å². The van der Waals surface area contributed by atoms with E-state index in [-0.39, 0.29) is 11.2 Å². The van der Waals surface area contributed by atoms with Gasteiger partial charge in [-0.25, -0.2) is 4.99 Å². The molecule has 2 aromatic rings. The second-order valence-electron chi connectivity index (χ2n) is 6.00. The molecule has 0 spiro atoms. The number of fused-ring (bicyclic) bond motifs is 1. The lowest BCUT2D eigenvalue weighted by Gasteiger charge is -2.16. The van der Waals surface area contributed by atoms with Crippen molar-refractivity contribution in [2.45, 2.75) is 30.6 Å². The lowest BCUT2D eigenvalue weighted by atomic mass is 10.1. The van der Waals surface area contributed by atoms with Crippen LogP contribution >= 0.6 is 11.8 Å². The van der Waals surface area contributed by atoms with E-state index < -0.39 is 0 Å². The number of hydrogen-bond acceptors (Lipinski definition) is 3. The van der Waals surface area contributed by atoms with Crippen LogP contribution in [-0.2, 0) is 11.2 Å². The Labute approximate surface area is 140 Å². The van der Waals surface area contributed by atoms with Crippen molar-refractivity contribution in [2.24, 2.45) is 4.99 Å². The Morgan fingerprint density at radius 3 is 2.57 bits per heavy atom. The fourth-order valence-electron chi connectivity index (χ4n) is 2.72. The molecule has 1 aliphatic carbocycles. The molecule has 0 bridgehead atoms. The third kappa shape index (κ3) is 3.32. The van der Waals surface area contributed by atoms with Gasteiger partial charge in [0.15, 0.2) is 0 Å². The first-order valence-electron chi connectivity index (χ1n) is 7.97. The quantitative estimate of drug-likeness (QED) is 0.923. The number of thioether (sulfide) groups is 1. The summed E-state index contributed by atoms with van der Waals surface area (Å²) in [5.41, 5.74) is 3.31. The van der Waals surface area contributed by atoms with E-state index in [4.69, 9.17) is 4.99 Å². The summed E-state index contributed by atoms with van der Waals surface area (Å²) in [5, 5.41) is 3.92. The largest absolute Gasteiger partial charge is 0.352 e. The van der Waals surface area contributed by atoms with E-state index >= 15 is 0 Å². The second-order valence-corrected chi connectivity index (χ2v) is 7.18. The first kappa shape index (κ1) is 14.5. The van der Waals surface area contributed by atoms with Crippen LogP contribution < -0.4 is 5.32 Å². The first-order chi connectivity index (χ1) is 11.3. The number of amides is 1. The van der Waals surface area contributed by atoms with Gasteiger partial charge in [0, 0.05) is 12.5 Å². The Bertz CT molecular complexity index is 753. The maximum Gasteiger partial charge on any atom is 0.238 e. The van der Waals surface area contributed by atoms with Gasteiger partial charge in [0.1, 0.15) is 5.25 Å². The van der Waals surface area contributed by atoms with Crippen molar-refractivity contribution in [3.8, 4) is 0 Å². The number of aliphatic imine (C=N–C) groups is 1.